The third-order valence-electron chi connectivity index (χ3n) is 3.41. The van der Waals surface area contributed by atoms with Crippen molar-refractivity contribution in [1.29, 1.82) is 0 Å². The lowest BCUT2D eigenvalue weighted by molar-refractivity contribution is 0.474. The van der Waals surface area contributed by atoms with Crippen LogP contribution in [0, 0.1) is 0 Å². The molecule has 0 unspecified atom stereocenters. The third kappa shape index (κ3) is 1.57. The van der Waals surface area contributed by atoms with E-state index >= 15 is 0 Å². The zero-order chi connectivity index (χ0) is 13.5. The molecule has 20 heavy (non-hydrogen) atoms. The lowest BCUT2D eigenvalue weighted by Crippen LogP contribution is -1.77. The second-order valence-electron chi connectivity index (χ2n) is 4.67. The van der Waals surface area contributed by atoms with Gasteiger partial charge >= 0.3 is 0 Å². The van der Waals surface area contributed by atoms with Crippen LogP contribution < -0.4 is 0 Å². The first kappa shape index (κ1) is 11.1. The van der Waals surface area contributed by atoms with Crippen LogP contribution >= 0.6 is 0 Å². The number of aromatic nitrogens is 1. The van der Waals surface area contributed by atoms with Crippen LogP contribution in [0.3, 0.4) is 0 Å². The minimum atomic E-state index is 0.170. The monoisotopic (exact) mass is 261 g/mol. The predicted octanol–water partition coefficient (Wildman–Crippen LogP) is 4.35. The van der Waals surface area contributed by atoms with Gasteiger partial charge in [-0.25, -0.2) is 4.98 Å². The first-order valence-electron chi connectivity index (χ1n) is 6.39. The van der Waals surface area contributed by atoms with Crippen molar-refractivity contribution in [2.45, 2.75) is 0 Å². The number of phenols is 1. The fourth-order valence-corrected chi connectivity index (χ4v) is 2.43. The van der Waals surface area contributed by atoms with Crippen molar-refractivity contribution in [3.63, 3.8) is 0 Å². The van der Waals surface area contributed by atoms with E-state index in [0.29, 0.717) is 11.5 Å². The summed E-state index contributed by atoms with van der Waals surface area (Å²) < 4.78 is 5.88. The molecule has 0 amide bonds. The molecule has 0 saturated carbocycles. The molecule has 0 spiro atoms. The summed E-state index contributed by atoms with van der Waals surface area (Å²) in [5, 5.41) is 12.0. The van der Waals surface area contributed by atoms with Crippen molar-refractivity contribution in [2.75, 3.05) is 0 Å². The van der Waals surface area contributed by atoms with Crippen molar-refractivity contribution in [3.05, 3.63) is 60.7 Å². The Hall–Kier alpha value is -2.81. The molecule has 0 aliphatic heterocycles. The second-order valence-corrected chi connectivity index (χ2v) is 4.67. The number of hydrogen-bond acceptors (Lipinski definition) is 3. The number of oxazole rings is 1. The fraction of sp³-hybridized carbons (Fsp3) is 0. The Bertz CT molecular complexity index is 924. The third-order valence-corrected chi connectivity index (χ3v) is 3.41. The van der Waals surface area contributed by atoms with E-state index in [2.05, 4.69) is 4.98 Å². The number of benzene rings is 3. The average Bonchev–Trinajstić information content (AvgIpc) is 2.92. The Morgan fingerprint density at radius 1 is 0.850 bits per heavy atom. The Morgan fingerprint density at radius 3 is 2.55 bits per heavy atom. The largest absolute Gasteiger partial charge is 0.507 e. The highest BCUT2D eigenvalue weighted by Gasteiger charge is 2.13. The number of nitrogens with zero attached hydrogens (tertiary/aromatic N) is 1. The number of aromatic hydroxyl groups is 1. The predicted molar refractivity (Wildman–Crippen MR) is 78.6 cm³/mol. The van der Waals surface area contributed by atoms with E-state index in [4.69, 9.17) is 4.42 Å². The van der Waals surface area contributed by atoms with Crippen molar-refractivity contribution in [2.24, 2.45) is 0 Å². The zero-order valence-electron chi connectivity index (χ0n) is 10.6. The van der Waals surface area contributed by atoms with Gasteiger partial charge in [0.25, 0.3) is 0 Å². The number of rotatable bonds is 1. The molecular formula is C17H11NO2. The molecule has 0 bridgehead atoms. The van der Waals surface area contributed by atoms with Gasteiger partial charge in [-0.1, -0.05) is 42.5 Å². The molecule has 3 aromatic carbocycles. The van der Waals surface area contributed by atoms with Crippen LogP contribution in [-0.2, 0) is 0 Å². The van der Waals surface area contributed by atoms with Gasteiger partial charge in [-0.15, -0.1) is 0 Å². The van der Waals surface area contributed by atoms with Gasteiger partial charge in [0, 0.05) is 5.39 Å². The maximum Gasteiger partial charge on any atom is 0.231 e. The molecule has 1 heterocycles. The Labute approximate surface area is 115 Å². The van der Waals surface area contributed by atoms with Gasteiger partial charge in [-0.2, -0.15) is 0 Å². The van der Waals surface area contributed by atoms with Gasteiger partial charge in [0.05, 0.1) is 5.56 Å². The molecule has 0 aliphatic carbocycles. The van der Waals surface area contributed by atoms with Gasteiger partial charge < -0.3 is 9.52 Å². The Kier molecular flexibility index (Phi) is 2.27. The van der Waals surface area contributed by atoms with Crippen LogP contribution in [0.5, 0.6) is 5.75 Å². The number of fused-ring (bicyclic) bond motifs is 3. The van der Waals surface area contributed by atoms with E-state index in [9.17, 15) is 5.11 Å². The van der Waals surface area contributed by atoms with Crippen molar-refractivity contribution < 1.29 is 9.52 Å². The molecule has 96 valence electrons. The summed E-state index contributed by atoms with van der Waals surface area (Å²) in [6.45, 7) is 0. The van der Waals surface area contributed by atoms with Gasteiger partial charge in [0.15, 0.2) is 5.58 Å². The molecule has 0 saturated heterocycles. The van der Waals surface area contributed by atoms with Crippen molar-refractivity contribution in [3.8, 4) is 17.2 Å². The van der Waals surface area contributed by atoms with Gasteiger partial charge in [0.2, 0.25) is 5.89 Å². The molecule has 0 radical (unpaired) electrons. The lowest BCUT2D eigenvalue weighted by Gasteiger charge is -1.98. The topological polar surface area (TPSA) is 46.3 Å². The molecule has 1 N–H and O–H groups in total. The summed E-state index contributed by atoms with van der Waals surface area (Å²) in [6.07, 6.45) is 0. The lowest BCUT2D eigenvalue weighted by atomic mass is 10.1. The van der Waals surface area contributed by atoms with Gasteiger partial charge in [0.1, 0.15) is 11.3 Å². The quantitative estimate of drug-likeness (QED) is 0.554. The smallest absolute Gasteiger partial charge is 0.231 e. The van der Waals surface area contributed by atoms with Crippen LogP contribution in [0.4, 0.5) is 0 Å². The second kappa shape index (κ2) is 4.10. The fourth-order valence-electron chi connectivity index (χ4n) is 2.43. The van der Waals surface area contributed by atoms with E-state index in [0.717, 1.165) is 21.9 Å². The Morgan fingerprint density at radius 2 is 1.65 bits per heavy atom. The van der Waals surface area contributed by atoms with E-state index in [-0.39, 0.29) is 5.75 Å². The molecule has 0 atom stereocenters. The molecule has 3 heteroatoms. The van der Waals surface area contributed by atoms with E-state index in [1.54, 1.807) is 18.2 Å². The molecular weight excluding hydrogens is 250 g/mol. The maximum absolute atomic E-state index is 9.90. The molecule has 3 nitrogen and oxygen atoms in total. The zero-order valence-corrected chi connectivity index (χ0v) is 10.6. The standard InChI is InChI=1S/C17H11NO2/c19-15-8-4-3-7-13(15)17-18-14-10-9-11-5-1-2-6-12(11)16(14)20-17/h1-10,19H. The summed E-state index contributed by atoms with van der Waals surface area (Å²) in [5.74, 6) is 0.609. The molecule has 4 rings (SSSR count). The van der Waals surface area contributed by atoms with Crippen LogP contribution in [0.15, 0.2) is 65.1 Å². The van der Waals surface area contributed by atoms with Gasteiger partial charge in [-0.3, -0.25) is 0 Å². The molecule has 4 aromatic rings. The summed E-state index contributed by atoms with van der Waals surface area (Å²) >= 11 is 0. The average molecular weight is 261 g/mol. The highest BCUT2D eigenvalue weighted by atomic mass is 16.3. The van der Waals surface area contributed by atoms with E-state index in [1.165, 1.54) is 0 Å². The summed E-state index contributed by atoms with van der Waals surface area (Å²) in [5.41, 5.74) is 2.15. The van der Waals surface area contributed by atoms with Crippen LogP contribution in [0.25, 0.3) is 33.3 Å². The maximum atomic E-state index is 9.90. The van der Waals surface area contributed by atoms with Crippen molar-refractivity contribution >= 4 is 21.9 Å². The summed E-state index contributed by atoms with van der Waals surface area (Å²) in [4.78, 5) is 4.47. The van der Waals surface area contributed by atoms with Crippen LogP contribution in [0.2, 0.25) is 0 Å². The summed E-state index contributed by atoms with van der Waals surface area (Å²) in [7, 11) is 0. The number of hydrogen-bond donors (Lipinski definition) is 1. The first-order chi connectivity index (χ1) is 9.83. The normalized spacial score (nSPS) is 11.2. The van der Waals surface area contributed by atoms with Gasteiger partial charge in [-0.05, 0) is 23.6 Å². The minimum Gasteiger partial charge on any atom is -0.507 e. The summed E-state index contributed by atoms with van der Waals surface area (Å²) in [6, 6.07) is 19.0. The minimum absolute atomic E-state index is 0.170. The molecule has 0 aliphatic rings. The van der Waals surface area contributed by atoms with Crippen LogP contribution in [0.1, 0.15) is 0 Å². The van der Waals surface area contributed by atoms with Crippen LogP contribution in [-0.4, -0.2) is 10.1 Å². The number of phenolic OH excluding ortho intramolecular Hbond substituents is 1. The SMILES string of the molecule is Oc1ccccc1-c1nc2ccc3ccccc3c2o1. The first-order valence-corrected chi connectivity index (χ1v) is 6.39. The van der Waals surface area contributed by atoms with E-state index in [1.807, 2.05) is 42.5 Å². The molecule has 0 fully saturated rings. The highest BCUT2D eigenvalue weighted by Crippen LogP contribution is 2.33. The van der Waals surface area contributed by atoms with E-state index < -0.39 is 0 Å². The number of para-hydroxylation sites is 1. The highest BCUT2D eigenvalue weighted by molar-refractivity contribution is 6.03. The van der Waals surface area contributed by atoms with Crippen molar-refractivity contribution in [1.82, 2.24) is 4.98 Å². The molecule has 1 aromatic heterocycles. The Balaban J connectivity index is 2.04.